The Morgan fingerprint density at radius 1 is 1.33 bits per heavy atom. The minimum atomic E-state index is -1.01. The van der Waals surface area contributed by atoms with Gasteiger partial charge in [-0.25, -0.2) is 4.79 Å². The second-order valence-corrected chi connectivity index (χ2v) is 8.25. The molecule has 0 fully saturated rings. The fraction of sp³-hybridized carbons (Fsp3) is 0.545. The van der Waals surface area contributed by atoms with E-state index in [9.17, 15) is 19.8 Å². The van der Waals surface area contributed by atoms with Crippen molar-refractivity contribution >= 4 is 11.8 Å². The number of ketones is 1. The molecule has 0 radical (unpaired) electrons. The number of aryl methyl sites for hydroxylation is 1. The summed E-state index contributed by atoms with van der Waals surface area (Å²) in [4.78, 5) is 23.8. The average molecular weight is 374 g/mol. The lowest BCUT2D eigenvalue weighted by Crippen LogP contribution is -2.46. The predicted molar refractivity (Wildman–Crippen MR) is 104 cm³/mol. The zero-order valence-electron chi connectivity index (χ0n) is 16.8. The number of benzene rings is 1. The molecule has 27 heavy (non-hydrogen) atoms. The van der Waals surface area contributed by atoms with Crippen LogP contribution in [0.4, 0.5) is 0 Å². The molecule has 2 N–H and O–H groups in total. The summed E-state index contributed by atoms with van der Waals surface area (Å²) in [5, 5.41) is 19.7. The molecule has 0 aromatic heterocycles. The molecule has 2 rings (SSSR count). The van der Waals surface area contributed by atoms with Crippen LogP contribution in [0.25, 0.3) is 0 Å². The van der Waals surface area contributed by atoms with Crippen molar-refractivity contribution in [2.45, 2.75) is 72.0 Å². The summed E-state index contributed by atoms with van der Waals surface area (Å²) in [7, 11) is 0. The Balaban J connectivity index is 2.24. The number of carbonyl (C=O) groups excluding carboxylic acids is 1. The number of ether oxygens (including phenoxy) is 1. The third kappa shape index (κ3) is 5.19. The van der Waals surface area contributed by atoms with Crippen LogP contribution in [0, 0.1) is 5.92 Å². The molecule has 1 aliphatic heterocycles. The van der Waals surface area contributed by atoms with Gasteiger partial charge < -0.3 is 14.9 Å². The summed E-state index contributed by atoms with van der Waals surface area (Å²) in [5.74, 6) is -0.298. The highest BCUT2D eigenvalue weighted by molar-refractivity contribution is 5.88. The van der Waals surface area contributed by atoms with Crippen molar-refractivity contribution in [3.63, 3.8) is 0 Å². The maximum Gasteiger partial charge on any atom is 0.335 e. The summed E-state index contributed by atoms with van der Waals surface area (Å²) in [6.07, 6.45) is 3.18. The molecule has 0 amide bonds. The van der Waals surface area contributed by atoms with Gasteiger partial charge in [-0.15, -0.1) is 0 Å². The minimum Gasteiger partial charge on any atom is -0.485 e. The number of hydrogen-bond acceptors (Lipinski definition) is 4. The van der Waals surface area contributed by atoms with Crippen molar-refractivity contribution in [3.05, 3.63) is 40.5 Å². The summed E-state index contributed by atoms with van der Waals surface area (Å²) >= 11 is 0. The van der Waals surface area contributed by atoms with Crippen LogP contribution in [0.2, 0.25) is 0 Å². The van der Waals surface area contributed by atoms with Crippen LogP contribution in [-0.2, 0) is 17.6 Å². The molecule has 2 atom stereocenters. The van der Waals surface area contributed by atoms with E-state index in [1.165, 1.54) is 0 Å². The van der Waals surface area contributed by atoms with E-state index in [1.54, 1.807) is 12.1 Å². The first-order valence-corrected chi connectivity index (χ1v) is 9.43. The molecule has 5 heteroatoms. The number of rotatable bonds is 7. The van der Waals surface area contributed by atoms with E-state index in [2.05, 4.69) is 0 Å². The molecular weight excluding hydrogens is 344 g/mol. The molecule has 148 valence electrons. The molecule has 2 unspecified atom stereocenters. The topological polar surface area (TPSA) is 83.8 Å². The first-order chi connectivity index (χ1) is 12.5. The molecule has 0 saturated heterocycles. The van der Waals surface area contributed by atoms with Crippen molar-refractivity contribution in [1.82, 2.24) is 0 Å². The SMILES string of the molecule is CC(C)=CCC(=O)C(C)CCc1cc(C(=O)O)cc2c1OC(C)(C)C(O)C2. The number of hydrogen-bond donors (Lipinski definition) is 2. The number of aliphatic hydroxyl groups excluding tert-OH is 1. The number of fused-ring (bicyclic) bond motifs is 1. The van der Waals surface area contributed by atoms with Crippen molar-refractivity contribution < 1.29 is 24.5 Å². The summed E-state index contributed by atoms with van der Waals surface area (Å²) in [6.45, 7) is 9.48. The van der Waals surface area contributed by atoms with Gasteiger partial charge in [0.05, 0.1) is 11.7 Å². The van der Waals surface area contributed by atoms with E-state index in [1.807, 2.05) is 40.7 Å². The summed E-state index contributed by atoms with van der Waals surface area (Å²) in [6, 6.07) is 3.20. The Labute approximate surface area is 161 Å². The Kier molecular flexibility index (Phi) is 6.47. The quantitative estimate of drug-likeness (QED) is 0.706. The molecule has 1 aromatic carbocycles. The van der Waals surface area contributed by atoms with Crippen molar-refractivity contribution in [1.29, 1.82) is 0 Å². The van der Waals surface area contributed by atoms with Crippen LogP contribution in [0.1, 0.15) is 68.9 Å². The zero-order valence-corrected chi connectivity index (χ0v) is 16.8. The molecule has 5 nitrogen and oxygen atoms in total. The van der Waals surface area contributed by atoms with Gasteiger partial charge in [-0.3, -0.25) is 4.79 Å². The van der Waals surface area contributed by atoms with Crippen LogP contribution < -0.4 is 4.74 Å². The lowest BCUT2D eigenvalue weighted by atomic mass is 9.87. The van der Waals surface area contributed by atoms with Gasteiger partial charge in [-0.1, -0.05) is 18.6 Å². The van der Waals surface area contributed by atoms with Gasteiger partial charge >= 0.3 is 5.97 Å². The number of aromatic carboxylic acids is 1. The maximum atomic E-state index is 12.3. The smallest absolute Gasteiger partial charge is 0.335 e. The Morgan fingerprint density at radius 3 is 2.59 bits per heavy atom. The maximum absolute atomic E-state index is 12.3. The summed E-state index contributed by atoms with van der Waals surface area (Å²) < 4.78 is 6.03. The third-order valence-electron chi connectivity index (χ3n) is 5.18. The number of carbonyl (C=O) groups is 2. The first-order valence-electron chi connectivity index (χ1n) is 9.43. The molecule has 1 heterocycles. The van der Waals surface area contributed by atoms with Gasteiger partial charge in [0.1, 0.15) is 17.1 Å². The van der Waals surface area contributed by atoms with Gasteiger partial charge in [0.2, 0.25) is 0 Å². The van der Waals surface area contributed by atoms with E-state index >= 15 is 0 Å². The van der Waals surface area contributed by atoms with Crippen LogP contribution in [0.3, 0.4) is 0 Å². The van der Waals surface area contributed by atoms with E-state index in [0.717, 1.165) is 11.1 Å². The van der Waals surface area contributed by atoms with Crippen LogP contribution in [0.15, 0.2) is 23.8 Å². The standard InChI is InChI=1S/C22H30O5/c1-13(2)6-9-18(23)14(3)7-8-15-10-17(21(25)26)11-16-12-19(24)22(4,5)27-20(15)16/h6,10-11,14,19,24H,7-9,12H2,1-5H3,(H,25,26). The van der Waals surface area contributed by atoms with Crippen molar-refractivity contribution in [2.24, 2.45) is 5.92 Å². The van der Waals surface area contributed by atoms with Crippen LogP contribution >= 0.6 is 0 Å². The average Bonchev–Trinajstić information content (AvgIpc) is 2.57. The second kappa shape index (κ2) is 8.26. The molecule has 0 saturated carbocycles. The van der Waals surface area contributed by atoms with Crippen LogP contribution in [0.5, 0.6) is 5.75 Å². The summed E-state index contributed by atoms with van der Waals surface area (Å²) in [5.41, 5.74) is 2.06. The van der Waals surface area contributed by atoms with Gasteiger partial charge in [0, 0.05) is 18.8 Å². The van der Waals surface area contributed by atoms with Crippen LogP contribution in [-0.4, -0.2) is 33.7 Å². The zero-order chi connectivity index (χ0) is 20.4. The lowest BCUT2D eigenvalue weighted by Gasteiger charge is -2.38. The van der Waals surface area contributed by atoms with Gasteiger partial charge in [-0.05, 0) is 63.8 Å². The van der Waals surface area contributed by atoms with E-state index in [4.69, 9.17) is 4.74 Å². The highest BCUT2D eigenvalue weighted by atomic mass is 16.5. The number of Topliss-reactive ketones (excluding diaryl/α,β-unsaturated/α-hetero) is 1. The first kappa shape index (κ1) is 21.2. The molecular formula is C22H30O5. The molecule has 0 aliphatic carbocycles. The highest BCUT2D eigenvalue weighted by Gasteiger charge is 2.37. The highest BCUT2D eigenvalue weighted by Crippen LogP contribution is 2.38. The normalized spacial score (nSPS) is 18.8. The van der Waals surface area contributed by atoms with E-state index < -0.39 is 17.7 Å². The fourth-order valence-electron chi connectivity index (χ4n) is 3.17. The molecule has 1 aliphatic rings. The number of aliphatic hydroxyl groups is 1. The molecule has 0 spiro atoms. The van der Waals surface area contributed by atoms with Crippen molar-refractivity contribution in [3.8, 4) is 5.75 Å². The van der Waals surface area contributed by atoms with Crippen molar-refractivity contribution in [2.75, 3.05) is 0 Å². The Morgan fingerprint density at radius 2 is 2.00 bits per heavy atom. The predicted octanol–water partition coefficient (Wildman–Crippen LogP) is 3.95. The van der Waals surface area contributed by atoms with Gasteiger partial charge in [-0.2, -0.15) is 0 Å². The minimum absolute atomic E-state index is 0.119. The number of carboxylic acids is 1. The Bertz CT molecular complexity index is 756. The molecule has 0 bridgehead atoms. The van der Waals surface area contributed by atoms with Gasteiger partial charge in [0.15, 0.2) is 0 Å². The Hall–Kier alpha value is -2.14. The lowest BCUT2D eigenvalue weighted by molar-refractivity contribution is -0.121. The largest absolute Gasteiger partial charge is 0.485 e. The van der Waals surface area contributed by atoms with Gasteiger partial charge in [0.25, 0.3) is 0 Å². The number of allylic oxidation sites excluding steroid dienone is 2. The van der Waals surface area contributed by atoms with E-state index in [-0.39, 0.29) is 17.3 Å². The monoisotopic (exact) mass is 374 g/mol. The second-order valence-electron chi connectivity index (χ2n) is 8.25. The number of carboxylic acid groups (broad SMARTS) is 1. The van der Waals surface area contributed by atoms with E-state index in [0.29, 0.717) is 37.0 Å². The molecule has 1 aromatic rings. The fourth-order valence-corrected chi connectivity index (χ4v) is 3.17. The third-order valence-corrected chi connectivity index (χ3v) is 5.18.